The van der Waals surface area contributed by atoms with Crippen LogP contribution in [0.2, 0.25) is 0 Å². The molecule has 0 bridgehead atoms. The quantitative estimate of drug-likeness (QED) is 0.695. The monoisotopic (exact) mass is 229 g/mol. The van der Waals surface area contributed by atoms with Crippen molar-refractivity contribution in [2.75, 3.05) is 20.2 Å². The molecule has 94 valence electrons. The van der Waals surface area contributed by atoms with Gasteiger partial charge in [-0.05, 0) is 40.5 Å². The van der Waals surface area contributed by atoms with Crippen LogP contribution in [0, 0.1) is 0 Å². The first-order valence-corrected chi connectivity index (χ1v) is 5.80. The fourth-order valence-electron chi connectivity index (χ4n) is 1.39. The van der Waals surface area contributed by atoms with Crippen LogP contribution in [0.1, 0.15) is 40.5 Å². The maximum absolute atomic E-state index is 11.6. The molecule has 0 aromatic heterocycles. The van der Waals surface area contributed by atoms with Crippen molar-refractivity contribution in [1.29, 1.82) is 0 Å². The Morgan fingerprint density at radius 2 is 2.06 bits per heavy atom. The summed E-state index contributed by atoms with van der Waals surface area (Å²) in [6.07, 6.45) is 1.70. The number of amides is 1. The number of nitrogens with zero attached hydrogens (tertiary/aromatic N) is 1. The van der Waals surface area contributed by atoms with E-state index in [-0.39, 0.29) is 11.7 Å². The third-order valence-electron chi connectivity index (χ3n) is 2.54. The molecule has 1 aliphatic rings. The Bertz CT molecular complexity index is 253. The molecule has 1 aliphatic heterocycles. The maximum Gasteiger partial charge on any atom is 0.410 e. The van der Waals surface area contributed by atoms with Gasteiger partial charge in [-0.25, -0.2) is 4.79 Å². The van der Waals surface area contributed by atoms with Crippen LogP contribution in [0.5, 0.6) is 0 Å². The van der Waals surface area contributed by atoms with Crippen molar-refractivity contribution in [1.82, 2.24) is 4.90 Å². The van der Waals surface area contributed by atoms with Gasteiger partial charge in [0.25, 0.3) is 0 Å². The van der Waals surface area contributed by atoms with E-state index in [9.17, 15) is 4.79 Å². The highest BCUT2D eigenvalue weighted by Crippen LogP contribution is 2.31. The first kappa shape index (κ1) is 13.3. The fourth-order valence-corrected chi connectivity index (χ4v) is 1.39. The van der Waals surface area contributed by atoms with Gasteiger partial charge in [0.2, 0.25) is 0 Å². The van der Waals surface area contributed by atoms with E-state index in [1.807, 2.05) is 20.8 Å². The minimum absolute atomic E-state index is 0.0781. The van der Waals surface area contributed by atoms with E-state index >= 15 is 0 Å². The second kappa shape index (κ2) is 4.62. The molecule has 0 aromatic rings. The average Bonchev–Trinajstić information content (AvgIpc) is 2.80. The van der Waals surface area contributed by atoms with E-state index in [0.717, 1.165) is 19.4 Å². The molecule has 0 aromatic carbocycles. The van der Waals surface area contributed by atoms with Crippen molar-refractivity contribution in [3.63, 3.8) is 0 Å². The van der Waals surface area contributed by atoms with E-state index < -0.39 is 5.60 Å². The Balaban J connectivity index is 2.18. The zero-order valence-electron chi connectivity index (χ0n) is 11.0. The molecule has 4 nitrogen and oxygen atoms in total. The summed E-state index contributed by atoms with van der Waals surface area (Å²) in [5.41, 5.74) is -0.342. The lowest BCUT2D eigenvalue weighted by Crippen LogP contribution is -2.35. The molecule has 1 saturated heterocycles. The Kier molecular flexibility index (Phi) is 3.84. The highest BCUT2D eigenvalue weighted by molar-refractivity contribution is 5.67. The average molecular weight is 229 g/mol. The molecular formula is C12H23NO3. The number of hydrogen-bond donors (Lipinski definition) is 0. The molecule has 1 amide bonds. The van der Waals surface area contributed by atoms with Crippen LogP contribution in [0.15, 0.2) is 0 Å². The van der Waals surface area contributed by atoms with Crippen molar-refractivity contribution in [3.8, 4) is 0 Å². The van der Waals surface area contributed by atoms with E-state index in [4.69, 9.17) is 9.47 Å². The van der Waals surface area contributed by atoms with E-state index in [1.165, 1.54) is 0 Å². The number of rotatable bonds is 4. The van der Waals surface area contributed by atoms with Gasteiger partial charge >= 0.3 is 6.09 Å². The number of carbonyl (C=O) groups excluding carboxylic acids is 1. The Hall–Kier alpha value is -0.770. The number of hydrogen-bond acceptors (Lipinski definition) is 3. The molecule has 4 heteroatoms. The molecule has 0 N–H and O–H groups in total. The molecule has 1 unspecified atom stereocenters. The number of ether oxygens (including phenoxy) is 2. The van der Waals surface area contributed by atoms with Crippen molar-refractivity contribution in [3.05, 3.63) is 0 Å². The molecule has 0 spiro atoms. The lowest BCUT2D eigenvalue weighted by Gasteiger charge is -2.24. The minimum atomic E-state index is -0.420. The van der Waals surface area contributed by atoms with Gasteiger partial charge in [0.1, 0.15) is 5.60 Å². The predicted molar refractivity (Wildman–Crippen MR) is 62.5 cm³/mol. The van der Waals surface area contributed by atoms with E-state index in [1.54, 1.807) is 11.9 Å². The van der Waals surface area contributed by atoms with Crippen LogP contribution in [-0.4, -0.2) is 42.4 Å². The smallest absolute Gasteiger partial charge is 0.410 e. The van der Waals surface area contributed by atoms with Crippen molar-refractivity contribution >= 4 is 6.09 Å². The summed E-state index contributed by atoms with van der Waals surface area (Å²) in [5.74, 6) is 0. The molecule has 0 saturated carbocycles. The summed E-state index contributed by atoms with van der Waals surface area (Å²) in [6, 6.07) is 0. The molecule has 1 atom stereocenters. The van der Waals surface area contributed by atoms with Crippen molar-refractivity contribution < 1.29 is 14.3 Å². The summed E-state index contributed by atoms with van der Waals surface area (Å²) in [7, 11) is 1.77. The summed E-state index contributed by atoms with van der Waals surface area (Å²) in [6.45, 7) is 9.28. The van der Waals surface area contributed by atoms with Crippen molar-refractivity contribution in [2.45, 2.75) is 51.7 Å². The van der Waals surface area contributed by atoms with Crippen LogP contribution in [0.4, 0.5) is 4.79 Å². The molecule has 0 aliphatic carbocycles. The molecular weight excluding hydrogens is 206 g/mol. The Labute approximate surface area is 97.9 Å². The van der Waals surface area contributed by atoms with Crippen molar-refractivity contribution in [2.24, 2.45) is 0 Å². The van der Waals surface area contributed by atoms with Gasteiger partial charge in [-0.3, -0.25) is 0 Å². The van der Waals surface area contributed by atoms with Crippen LogP contribution in [0.3, 0.4) is 0 Å². The lowest BCUT2D eigenvalue weighted by molar-refractivity contribution is 0.0293. The van der Waals surface area contributed by atoms with Gasteiger partial charge in [-0.15, -0.1) is 0 Å². The van der Waals surface area contributed by atoms with Crippen LogP contribution >= 0.6 is 0 Å². The van der Waals surface area contributed by atoms with Crippen LogP contribution in [-0.2, 0) is 9.47 Å². The third-order valence-corrected chi connectivity index (χ3v) is 2.54. The zero-order chi connectivity index (χ0) is 12.4. The van der Waals surface area contributed by atoms with Crippen LogP contribution < -0.4 is 0 Å². The zero-order valence-corrected chi connectivity index (χ0v) is 11.0. The van der Waals surface area contributed by atoms with E-state index in [2.05, 4.69) is 6.92 Å². The molecule has 16 heavy (non-hydrogen) atoms. The second-order valence-corrected chi connectivity index (χ2v) is 5.74. The largest absolute Gasteiger partial charge is 0.444 e. The Morgan fingerprint density at radius 3 is 2.50 bits per heavy atom. The van der Waals surface area contributed by atoms with Gasteiger partial charge in [0.05, 0.1) is 12.2 Å². The lowest BCUT2D eigenvalue weighted by atomic mass is 10.1. The van der Waals surface area contributed by atoms with Gasteiger partial charge in [0.15, 0.2) is 0 Å². The SMILES string of the molecule is CN(CCCC1(C)CO1)C(=O)OC(C)(C)C. The third kappa shape index (κ3) is 4.84. The highest BCUT2D eigenvalue weighted by Gasteiger charge is 2.38. The number of epoxide rings is 1. The minimum Gasteiger partial charge on any atom is -0.444 e. The standard InChI is InChI=1S/C12H23NO3/c1-11(2,3)16-10(14)13(5)8-6-7-12(4)9-15-12/h6-9H2,1-5H3. The summed E-state index contributed by atoms with van der Waals surface area (Å²) < 4.78 is 10.5. The molecule has 1 rings (SSSR count). The molecule has 1 fully saturated rings. The molecule has 1 heterocycles. The summed E-state index contributed by atoms with van der Waals surface area (Å²) >= 11 is 0. The highest BCUT2D eigenvalue weighted by atomic mass is 16.6. The maximum atomic E-state index is 11.6. The first-order chi connectivity index (χ1) is 7.22. The summed E-state index contributed by atoms with van der Waals surface area (Å²) in [5, 5.41) is 0. The topological polar surface area (TPSA) is 42.1 Å². The number of carbonyl (C=O) groups is 1. The predicted octanol–water partition coefficient (Wildman–Crippen LogP) is 2.42. The van der Waals surface area contributed by atoms with Crippen LogP contribution in [0.25, 0.3) is 0 Å². The van der Waals surface area contributed by atoms with Gasteiger partial charge in [0, 0.05) is 13.6 Å². The van der Waals surface area contributed by atoms with E-state index in [0.29, 0.717) is 6.54 Å². The normalized spacial score (nSPS) is 24.1. The van der Waals surface area contributed by atoms with Gasteiger partial charge < -0.3 is 14.4 Å². The first-order valence-electron chi connectivity index (χ1n) is 5.80. The molecule has 0 radical (unpaired) electrons. The Morgan fingerprint density at radius 1 is 1.50 bits per heavy atom. The van der Waals surface area contributed by atoms with Gasteiger partial charge in [-0.2, -0.15) is 0 Å². The fraction of sp³-hybridized carbons (Fsp3) is 0.917. The second-order valence-electron chi connectivity index (χ2n) is 5.74. The summed E-state index contributed by atoms with van der Waals surface area (Å²) in [4.78, 5) is 13.2. The van der Waals surface area contributed by atoms with Gasteiger partial charge in [-0.1, -0.05) is 0 Å².